The van der Waals surface area contributed by atoms with Crippen molar-refractivity contribution in [1.29, 1.82) is 0 Å². The van der Waals surface area contributed by atoms with Crippen molar-refractivity contribution in [2.45, 2.75) is 51.0 Å². The lowest BCUT2D eigenvalue weighted by Crippen LogP contribution is -2.28. The summed E-state index contributed by atoms with van der Waals surface area (Å²) in [6.45, 7) is 1.53. The summed E-state index contributed by atoms with van der Waals surface area (Å²) in [6, 6.07) is 10.7. The normalized spacial score (nSPS) is 19.4. The molecule has 7 heteroatoms. The highest BCUT2D eigenvalue weighted by Gasteiger charge is 2.28. The number of fused-ring (bicyclic) bond motifs is 1. The van der Waals surface area contributed by atoms with E-state index < -0.39 is 0 Å². The average Bonchev–Trinajstić information content (AvgIpc) is 3.53. The quantitative estimate of drug-likeness (QED) is 0.636. The SMILES string of the molecule is O=C(NCCC1CCCC1)c1cnc2ccc(N3CCCC3c3cccc(F)c3)nn12. The molecule has 3 aromatic rings. The minimum Gasteiger partial charge on any atom is -0.351 e. The average molecular weight is 422 g/mol. The van der Waals surface area contributed by atoms with Gasteiger partial charge in [-0.3, -0.25) is 4.79 Å². The van der Waals surface area contributed by atoms with E-state index in [0.717, 1.165) is 43.1 Å². The van der Waals surface area contributed by atoms with Crippen molar-refractivity contribution >= 4 is 17.4 Å². The molecule has 5 rings (SSSR count). The molecule has 3 heterocycles. The summed E-state index contributed by atoms with van der Waals surface area (Å²) in [5.41, 5.74) is 2.05. The van der Waals surface area contributed by atoms with Crippen LogP contribution < -0.4 is 10.2 Å². The van der Waals surface area contributed by atoms with Crippen molar-refractivity contribution in [2.75, 3.05) is 18.0 Å². The van der Waals surface area contributed by atoms with Gasteiger partial charge in [-0.05, 0) is 55.0 Å². The summed E-state index contributed by atoms with van der Waals surface area (Å²) < 4.78 is 15.4. The highest BCUT2D eigenvalue weighted by atomic mass is 19.1. The molecule has 0 bridgehead atoms. The maximum Gasteiger partial charge on any atom is 0.271 e. The molecule has 2 aromatic heterocycles. The number of nitrogens with one attached hydrogen (secondary N) is 1. The number of halogens is 1. The molecule has 1 aliphatic heterocycles. The number of benzene rings is 1. The lowest BCUT2D eigenvalue weighted by atomic mass is 10.0. The second kappa shape index (κ2) is 8.65. The van der Waals surface area contributed by atoms with Gasteiger partial charge in [-0.25, -0.2) is 13.9 Å². The maximum absolute atomic E-state index is 13.8. The van der Waals surface area contributed by atoms with Gasteiger partial charge in [0.05, 0.1) is 12.2 Å². The van der Waals surface area contributed by atoms with Gasteiger partial charge in [0.25, 0.3) is 5.91 Å². The van der Waals surface area contributed by atoms with E-state index in [9.17, 15) is 9.18 Å². The minimum atomic E-state index is -0.223. The van der Waals surface area contributed by atoms with Crippen molar-refractivity contribution in [1.82, 2.24) is 19.9 Å². The minimum absolute atomic E-state index is 0.0767. The number of anilines is 1. The first-order chi connectivity index (χ1) is 15.2. The van der Waals surface area contributed by atoms with Gasteiger partial charge in [-0.2, -0.15) is 0 Å². The fourth-order valence-corrected chi connectivity index (χ4v) is 5.05. The summed E-state index contributed by atoms with van der Waals surface area (Å²) in [4.78, 5) is 19.3. The monoisotopic (exact) mass is 421 g/mol. The maximum atomic E-state index is 13.8. The van der Waals surface area contributed by atoms with Crippen LogP contribution in [0.2, 0.25) is 0 Å². The molecule has 1 N–H and O–H groups in total. The highest BCUT2D eigenvalue weighted by molar-refractivity contribution is 5.93. The van der Waals surface area contributed by atoms with Gasteiger partial charge in [0.2, 0.25) is 0 Å². The van der Waals surface area contributed by atoms with Gasteiger partial charge in [0, 0.05) is 13.1 Å². The van der Waals surface area contributed by atoms with Gasteiger partial charge < -0.3 is 10.2 Å². The van der Waals surface area contributed by atoms with E-state index in [0.29, 0.717) is 17.9 Å². The van der Waals surface area contributed by atoms with Crippen molar-refractivity contribution in [2.24, 2.45) is 5.92 Å². The number of carbonyl (C=O) groups excluding carboxylic acids is 1. The van der Waals surface area contributed by atoms with Gasteiger partial charge in [-0.1, -0.05) is 37.8 Å². The third-order valence-electron chi connectivity index (χ3n) is 6.67. The Morgan fingerprint density at radius 2 is 2.00 bits per heavy atom. The van der Waals surface area contributed by atoms with Crippen LogP contribution in [0.15, 0.2) is 42.6 Å². The molecular formula is C24H28FN5O. The Morgan fingerprint density at radius 1 is 1.13 bits per heavy atom. The van der Waals surface area contributed by atoms with E-state index in [-0.39, 0.29) is 17.8 Å². The second-order valence-electron chi connectivity index (χ2n) is 8.71. The first kappa shape index (κ1) is 20.0. The van der Waals surface area contributed by atoms with Crippen LogP contribution in [0.1, 0.15) is 67.0 Å². The summed E-state index contributed by atoms with van der Waals surface area (Å²) in [5, 5.41) is 7.79. The molecule has 1 aliphatic carbocycles. The number of nitrogens with zero attached hydrogens (tertiary/aromatic N) is 4. The van der Waals surface area contributed by atoms with Crippen molar-refractivity contribution < 1.29 is 9.18 Å². The van der Waals surface area contributed by atoms with E-state index >= 15 is 0 Å². The molecule has 1 atom stereocenters. The fourth-order valence-electron chi connectivity index (χ4n) is 5.05. The van der Waals surface area contributed by atoms with Crippen molar-refractivity contribution in [3.8, 4) is 0 Å². The highest BCUT2D eigenvalue weighted by Crippen LogP contribution is 2.35. The zero-order valence-electron chi connectivity index (χ0n) is 17.6. The van der Waals surface area contributed by atoms with Crippen molar-refractivity contribution in [3.05, 3.63) is 59.7 Å². The molecule has 0 radical (unpaired) electrons. The topological polar surface area (TPSA) is 62.5 Å². The number of aromatic nitrogens is 3. The van der Waals surface area contributed by atoms with E-state index in [1.807, 2.05) is 18.2 Å². The predicted molar refractivity (Wildman–Crippen MR) is 118 cm³/mol. The van der Waals surface area contributed by atoms with E-state index in [2.05, 4.69) is 15.2 Å². The summed E-state index contributed by atoms with van der Waals surface area (Å²) in [6.07, 6.45) is 9.76. The molecule has 0 spiro atoms. The van der Waals surface area contributed by atoms with Crippen LogP contribution in [0, 0.1) is 11.7 Å². The Labute approximate surface area is 181 Å². The Balaban J connectivity index is 1.35. The number of carbonyl (C=O) groups is 1. The zero-order chi connectivity index (χ0) is 21.2. The standard InChI is InChI=1S/C24H28FN5O/c25-19-8-3-7-18(15-19)20-9-4-14-29(20)23-11-10-22-27-16-21(30(22)28-23)24(31)26-13-12-17-5-1-2-6-17/h3,7-8,10-11,15-17,20H,1-2,4-6,9,12-14H2,(H,26,31). The molecule has 31 heavy (non-hydrogen) atoms. The zero-order valence-corrected chi connectivity index (χ0v) is 17.6. The van der Waals surface area contributed by atoms with Crippen LogP contribution in [0.25, 0.3) is 5.65 Å². The number of rotatable bonds is 6. The number of hydrogen-bond acceptors (Lipinski definition) is 4. The molecular weight excluding hydrogens is 393 g/mol. The van der Waals surface area contributed by atoms with E-state index in [4.69, 9.17) is 5.10 Å². The molecule has 2 fully saturated rings. The first-order valence-electron chi connectivity index (χ1n) is 11.3. The van der Waals surface area contributed by atoms with Crippen LogP contribution in [-0.4, -0.2) is 33.6 Å². The van der Waals surface area contributed by atoms with E-state index in [1.54, 1.807) is 22.8 Å². The van der Waals surface area contributed by atoms with Gasteiger partial charge in [0.15, 0.2) is 11.3 Å². The molecule has 6 nitrogen and oxygen atoms in total. The summed E-state index contributed by atoms with van der Waals surface area (Å²) in [5.74, 6) is 1.15. The molecule has 1 aromatic carbocycles. The molecule has 1 unspecified atom stereocenters. The van der Waals surface area contributed by atoms with Crippen LogP contribution in [0.3, 0.4) is 0 Å². The third-order valence-corrected chi connectivity index (χ3v) is 6.67. The predicted octanol–water partition coefficient (Wildman–Crippen LogP) is 4.52. The Morgan fingerprint density at radius 3 is 2.84 bits per heavy atom. The summed E-state index contributed by atoms with van der Waals surface area (Å²) in [7, 11) is 0. The molecule has 162 valence electrons. The number of imidazole rings is 1. The van der Waals surface area contributed by atoms with Crippen LogP contribution in [0.5, 0.6) is 0 Å². The second-order valence-corrected chi connectivity index (χ2v) is 8.71. The number of amides is 1. The first-order valence-corrected chi connectivity index (χ1v) is 11.3. The Hall–Kier alpha value is -2.96. The Kier molecular flexibility index (Phi) is 5.57. The third kappa shape index (κ3) is 4.13. The Bertz CT molecular complexity index is 1070. The van der Waals surface area contributed by atoms with Crippen LogP contribution in [-0.2, 0) is 0 Å². The largest absolute Gasteiger partial charge is 0.351 e. The van der Waals surface area contributed by atoms with Crippen LogP contribution >= 0.6 is 0 Å². The lowest BCUT2D eigenvalue weighted by molar-refractivity contribution is 0.0944. The van der Waals surface area contributed by atoms with E-state index in [1.165, 1.54) is 31.7 Å². The smallest absolute Gasteiger partial charge is 0.271 e. The van der Waals surface area contributed by atoms with Crippen molar-refractivity contribution in [3.63, 3.8) is 0 Å². The summed E-state index contributed by atoms with van der Waals surface area (Å²) >= 11 is 0. The fraction of sp³-hybridized carbons (Fsp3) is 0.458. The molecule has 2 aliphatic rings. The van der Waals surface area contributed by atoms with Gasteiger partial charge >= 0.3 is 0 Å². The molecule has 1 saturated carbocycles. The molecule has 1 saturated heterocycles. The molecule has 1 amide bonds. The number of hydrogen-bond donors (Lipinski definition) is 1. The van der Waals surface area contributed by atoms with Gasteiger partial charge in [0.1, 0.15) is 11.6 Å². The van der Waals surface area contributed by atoms with Gasteiger partial charge in [-0.15, -0.1) is 5.10 Å². The van der Waals surface area contributed by atoms with Crippen LogP contribution in [0.4, 0.5) is 10.2 Å². The lowest BCUT2D eigenvalue weighted by Gasteiger charge is -2.26.